The van der Waals surface area contributed by atoms with E-state index in [1.165, 1.54) is 12.1 Å². The minimum Gasteiger partial charge on any atom is -0.421 e. The van der Waals surface area contributed by atoms with Gasteiger partial charge in [-0.2, -0.15) is 13.2 Å². The number of para-hydroxylation sites is 1. The van der Waals surface area contributed by atoms with Crippen LogP contribution in [0.15, 0.2) is 41.1 Å². The molecule has 4 nitrogen and oxygen atoms in total. The molecule has 18 heavy (non-hydrogen) atoms. The Labute approximate surface area is 99.0 Å². The lowest BCUT2D eigenvalue weighted by Crippen LogP contribution is -2.14. The van der Waals surface area contributed by atoms with Crippen molar-refractivity contribution in [1.82, 2.24) is 5.16 Å². The van der Waals surface area contributed by atoms with Crippen LogP contribution in [0.1, 0.15) is 16.1 Å². The largest absolute Gasteiger partial charge is 0.421 e. The third-order valence-electron chi connectivity index (χ3n) is 2.01. The highest BCUT2D eigenvalue weighted by Crippen LogP contribution is 2.32. The van der Waals surface area contributed by atoms with E-state index < -0.39 is 23.5 Å². The second-order valence-corrected chi connectivity index (χ2v) is 3.27. The van der Waals surface area contributed by atoms with E-state index in [9.17, 15) is 18.0 Å². The molecule has 2 aromatic rings. The highest BCUT2D eigenvalue weighted by atomic mass is 19.4. The van der Waals surface area contributed by atoms with E-state index in [-0.39, 0.29) is 5.75 Å². The third-order valence-corrected chi connectivity index (χ3v) is 2.01. The average molecular weight is 257 g/mol. The summed E-state index contributed by atoms with van der Waals surface area (Å²) in [6.45, 7) is 0. The molecule has 0 amide bonds. The minimum absolute atomic E-state index is 0.118. The van der Waals surface area contributed by atoms with Gasteiger partial charge in [0, 0.05) is 0 Å². The molecule has 0 aliphatic heterocycles. The Balaban J connectivity index is 2.23. The van der Waals surface area contributed by atoms with Crippen LogP contribution in [0, 0.1) is 0 Å². The van der Waals surface area contributed by atoms with Crippen molar-refractivity contribution in [3.05, 3.63) is 47.9 Å². The molecule has 7 heteroatoms. The van der Waals surface area contributed by atoms with Gasteiger partial charge in [0.2, 0.25) is 0 Å². The summed E-state index contributed by atoms with van der Waals surface area (Å²) in [5.41, 5.74) is -1.26. The lowest BCUT2D eigenvalue weighted by Gasteiger charge is -2.05. The maximum atomic E-state index is 12.5. The molecule has 0 aliphatic rings. The van der Waals surface area contributed by atoms with Crippen molar-refractivity contribution in [2.75, 3.05) is 0 Å². The number of ether oxygens (including phenoxy) is 1. The monoisotopic (exact) mass is 257 g/mol. The molecule has 0 N–H and O–H groups in total. The number of carbonyl (C=O) groups is 1. The normalized spacial score (nSPS) is 11.3. The quantitative estimate of drug-likeness (QED) is 0.613. The van der Waals surface area contributed by atoms with Gasteiger partial charge in [0.1, 0.15) is 11.3 Å². The first-order valence-electron chi connectivity index (χ1n) is 4.77. The van der Waals surface area contributed by atoms with E-state index in [1.807, 2.05) is 0 Å². The highest BCUT2D eigenvalue weighted by Gasteiger charge is 2.39. The summed E-state index contributed by atoms with van der Waals surface area (Å²) in [7, 11) is 0. The average Bonchev–Trinajstić information content (AvgIpc) is 2.79. The fraction of sp³-hybridized carbons (Fsp3) is 0.0909. The Bertz CT molecular complexity index is 548. The molecule has 94 valence electrons. The fourth-order valence-electron chi connectivity index (χ4n) is 1.23. The van der Waals surface area contributed by atoms with Gasteiger partial charge in [-0.15, -0.1) is 0 Å². The molecule has 2 rings (SSSR count). The number of rotatable bonds is 2. The molecule has 1 aromatic heterocycles. The summed E-state index contributed by atoms with van der Waals surface area (Å²) in [6, 6.07) is 7.69. The number of hydrogen-bond acceptors (Lipinski definition) is 4. The van der Waals surface area contributed by atoms with Gasteiger partial charge in [-0.3, -0.25) is 0 Å². The van der Waals surface area contributed by atoms with Crippen molar-refractivity contribution < 1.29 is 27.2 Å². The van der Waals surface area contributed by atoms with Crippen LogP contribution in [0.2, 0.25) is 0 Å². The number of aromatic nitrogens is 1. The number of hydrogen-bond donors (Lipinski definition) is 0. The minimum atomic E-state index is -4.72. The van der Waals surface area contributed by atoms with Gasteiger partial charge < -0.3 is 9.26 Å². The molecule has 1 heterocycles. The number of alkyl halides is 3. The van der Waals surface area contributed by atoms with E-state index in [0.717, 1.165) is 0 Å². The Morgan fingerprint density at radius 2 is 1.89 bits per heavy atom. The maximum absolute atomic E-state index is 12.5. The summed E-state index contributed by atoms with van der Waals surface area (Å²) in [6.07, 6.45) is -4.29. The first-order valence-corrected chi connectivity index (χ1v) is 4.77. The van der Waals surface area contributed by atoms with Gasteiger partial charge in [-0.1, -0.05) is 23.4 Å². The molecule has 0 bridgehead atoms. The van der Waals surface area contributed by atoms with Crippen LogP contribution in [0.3, 0.4) is 0 Å². The molecule has 0 radical (unpaired) electrons. The second kappa shape index (κ2) is 4.52. The Kier molecular flexibility index (Phi) is 3.05. The summed E-state index contributed by atoms with van der Waals surface area (Å²) < 4.78 is 46.4. The Hall–Kier alpha value is -2.31. The van der Waals surface area contributed by atoms with E-state index in [2.05, 4.69) is 9.68 Å². The van der Waals surface area contributed by atoms with Crippen molar-refractivity contribution in [1.29, 1.82) is 0 Å². The lowest BCUT2D eigenvalue weighted by molar-refractivity contribution is -0.138. The number of nitrogens with zero attached hydrogens (tertiary/aromatic N) is 1. The Morgan fingerprint density at radius 1 is 1.22 bits per heavy atom. The first-order chi connectivity index (χ1) is 8.48. The summed E-state index contributed by atoms with van der Waals surface area (Å²) in [5.74, 6) is -2.09. The van der Waals surface area contributed by atoms with Crippen molar-refractivity contribution in [3.63, 3.8) is 0 Å². The van der Waals surface area contributed by atoms with E-state index >= 15 is 0 Å². The van der Waals surface area contributed by atoms with Crippen LogP contribution in [-0.2, 0) is 6.18 Å². The van der Waals surface area contributed by atoms with Crippen LogP contribution >= 0.6 is 0 Å². The van der Waals surface area contributed by atoms with Crippen molar-refractivity contribution in [2.45, 2.75) is 6.18 Å². The summed E-state index contributed by atoms with van der Waals surface area (Å²) in [4.78, 5) is 11.5. The number of halogens is 3. The van der Waals surface area contributed by atoms with Crippen LogP contribution in [0.5, 0.6) is 5.75 Å². The van der Waals surface area contributed by atoms with Gasteiger partial charge in [0.15, 0.2) is 0 Å². The van der Waals surface area contributed by atoms with Crippen molar-refractivity contribution in [3.8, 4) is 5.75 Å². The van der Waals surface area contributed by atoms with Gasteiger partial charge in [0.25, 0.3) is 5.76 Å². The van der Waals surface area contributed by atoms with Gasteiger partial charge in [0.05, 0.1) is 6.20 Å². The zero-order valence-corrected chi connectivity index (χ0v) is 8.77. The number of carbonyl (C=O) groups excluding carboxylic acids is 1. The van der Waals surface area contributed by atoms with Crippen LogP contribution < -0.4 is 4.74 Å². The zero-order valence-electron chi connectivity index (χ0n) is 8.77. The predicted octanol–water partition coefficient (Wildman–Crippen LogP) is 2.91. The van der Waals surface area contributed by atoms with Crippen LogP contribution in [-0.4, -0.2) is 11.1 Å². The van der Waals surface area contributed by atoms with Crippen molar-refractivity contribution in [2.24, 2.45) is 0 Å². The summed E-state index contributed by atoms with van der Waals surface area (Å²) in [5, 5.41) is 2.96. The SMILES string of the molecule is O=C(Oc1ccccc1)c1oncc1C(F)(F)F. The molecule has 0 aliphatic carbocycles. The highest BCUT2D eigenvalue weighted by molar-refractivity contribution is 5.89. The smallest absolute Gasteiger partial charge is 0.421 e. The predicted molar refractivity (Wildman–Crippen MR) is 52.9 cm³/mol. The fourth-order valence-corrected chi connectivity index (χ4v) is 1.23. The van der Waals surface area contributed by atoms with Crippen LogP contribution in [0.25, 0.3) is 0 Å². The zero-order chi connectivity index (χ0) is 13.2. The van der Waals surface area contributed by atoms with Gasteiger partial charge >= 0.3 is 12.1 Å². The lowest BCUT2D eigenvalue weighted by atomic mass is 10.2. The summed E-state index contributed by atoms with van der Waals surface area (Å²) >= 11 is 0. The Morgan fingerprint density at radius 3 is 2.50 bits per heavy atom. The maximum Gasteiger partial charge on any atom is 0.421 e. The number of esters is 1. The number of benzene rings is 1. The standard InChI is InChI=1S/C11H6F3NO3/c12-11(13,14)8-6-15-18-9(8)10(16)17-7-4-2-1-3-5-7/h1-6H. The van der Waals surface area contributed by atoms with E-state index in [4.69, 9.17) is 4.74 Å². The molecule has 0 spiro atoms. The molecular weight excluding hydrogens is 251 g/mol. The molecule has 1 aromatic carbocycles. The molecule has 0 saturated heterocycles. The van der Waals surface area contributed by atoms with E-state index in [0.29, 0.717) is 6.20 Å². The van der Waals surface area contributed by atoms with E-state index in [1.54, 1.807) is 18.2 Å². The molecule has 0 atom stereocenters. The van der Waals surface area contributed by atoms with Crippen molar-refractivity contribution >= 4 is 5.97 Å². The van der Waals surface area contributed by atoms with Crippen LogP contribution in [0.4, 0.5) is 13.2 Å². The molecule has 0 unspecified atom stereocenters. The molecule has 0 saturated carbocycles. The van der Waals surface area contributed by atoms with Gasteiger partial charge in [-0.25, -0.2) is 4.79 Å². The third kappa shape index (κ3) is 2.50. The molecular formula is C11H6F3NO3. The van der Waals surface area contributed by atoms with Gasteiger partial charge in [-0.05, 0) is 12.1 Å². The topological polar surface area (TPSA) is 52.3 Å². The second-order valence-electron chi connectivity index (χ2n) is 3.27. The first kappa shape index (κ1) is 12.2. The molecule has 0 fully saturated rings.